The second-order valence-electron chi connectivity index (χ2n) is 3.88. The highest BCUT2D eigenvalue weighted by Crippen LogP contribution is 2.21. The van der Waals surface area contributed by atoms with E-state index < -0.39 is 5.41 Å². The van der Waals surface area contributed by atoms with E-state index in [0.29, 0.717) is 5.69 Å². The zero-order chi connectivity index (χ0) is 11.5. The van der Waals surface area contributed by atoms with Crippen molar-refractivity contribution in [3.63, 3.8) is 0 Å². The molecule has 0 fully saturated rings. The summed E-state index contributed by atoms with van der Waals surface area (Å²) in [5, 5.41) is 2.96. The van der Waals surface area contributed by atoms with Crippen molar-refractivity contribution in [2.75, 3.05) is 11.9 Å². The third-order valence-electron chi connectivity index (χ3n) is 2.13. The second kappa shape index (κ2) is 4.59. The number of aromatic nitrogens is 1. The number of pyridine rings is 1. The van der Waals surface area contributed by atoms with Crippen molar-refractivity contribution in [2.45, 2.75) is 13.8 Å². The van der Waals surface area contributed by atoms with E-state index in [1.807, 2.05) is 0 Å². The van der Waals surface area contributed by atoms with Crippen molar-refractivity contribution >= 4 is 23.2 Å². The molecular formula is C10H14ClN3O. The highest BCUT2D eigenvalue weighted by molar-refractivity contribution is 6.32. The molecule has 0 unspecified atom stereocenters. The predicted molar refractivity (Wildman–Crippen MR) is 60.7 cm³/mol. The maximum Gasteiger partial charge on any atom is 0.231 e. The summed E-state index contributed by atoms with van der Waals surface area (Å²) in [5.41, 5.74) is 5.38. The van der Waals surface area contributed by atoms with Crippen LogP contribution in [0.3, 0.4) is 0 Å². The Balaban J connectivity index is 2.80. The Hall–Kier alpha value is -1.13. The van der Waals surface area contributed by atoms with Crippen LogP contribution in [0, 0.1) is 5.41 Å². The highest BCUT2D eigenvalue weighted by atomic mass is 35.5. The molecule has 1 aromatic rings. The first kappa shape index (κ1) is 11.9. The number of nitrogens with two attached hydrogens (primary N) is 1. The number of carbonyl (C=O) groups is 1. The van der Waals surface area contributed by atoms with Crippen LogP contribution >= 0.6 is 11.6 Å². The summed E-state index contributed by atoms with van der Waals surface area (Å²) < 4.78 is 0. The number of halogens is 1. The van der Waals surface area contributed by atoms with Gasteiger partial charge >= 0.3 is 0 Å². The number of amides is 1. The summed E-state index contributed by atoms with van der Waals surface area (Å²) in [4.78, 5) is 15.6. The fourth-order valence-corrected chi connectivity index (χ4v) is 1.03. The molecule has 0 radical (unpaired) electrons. The summed E-state index contributed by atoms with van der Waals surface area (Å²) in [6.45, 7) is 3.82. The van der Waals surface area contributed by atoms with Crippen LogP contribution in [-0.4, -0.2) is 17.4 Å². The molecule has 3 N–H and O–H groups in total. The van der Waals surface area contributed by atoms with Crippen LogP contribution in [0.2, 0.25) is 5.15 Å². The fourth-order valence-electron chi connectivity index (χ4n) is 0.863. The second-order valence-corrected chi connectivity index (χ2v) is 4.24. The van der Waals surface area contributed by atoms with Crippen LogP contribution in [0.5, 0.6) is 0 Å². The van der Waals surface area contributed by atoms with Gasteiger partial charge in [-0.15, -0.1) is 0 Å². The average Bonchev–Trinajstić information content (AvgIpc) is 2.21. The standard InChI is InChI=1S/C10H14ClN3O/c1-10(2,6-12)9(15)14-7-4-3-5-13-8(7)11/h3-5H,6,12H2,1-2H3,(H,14,15). The van der Waals surface area contributed by atoms with Gasteiger partial charge in [-0.3, -0.25) is 4.79 Å². The molecule has 0 aliphatic heterocycles. The molecule has 4 nitrogen and oxygen atoms in total. The van der Waals surface area contributed by atoms with Crippen molar-refractivity contribution in [3.8, 4) is 0 Å². The lowest BCUT2D eigenvalue weighted by Gasteiger charge is -2.21. The molecule has 0 saturated heterocycles. The number of anilines is 1. The molecule has 1 rings (SSSR count). The van der Waals surface area contributed by atoms with Gasteiger partial charge in [0.1, 0.15) is 0 Å². The van der Waals surface area contributed by atoms with E-state index in [4.69, 9.17) is 17.3 Å². The van der Waals surface area contributed by atoms with E-state index in [1.54, 1.807) is 32.2 Å². The number of hydrogen-bond acceptors (Lipinski definition) is 3. The summed E-state index contributed by atoms with van der Waals surface area (Å²) in [5.74, 6) is -0.167. The van der Waals surface area contributed by atoms with E-state index in [2.05, 4.69) is 10.3 Å². The fraction of sp³-hybridized carbons (Fsp3) is 0.400. The Kier molecular flexibility index (Phi) is 3.66. The number of nitrogens with zero attached hydrogens (tertiary/aromatic N) is 1. The molecule has 5 heteroatoms. The molecule has 0 aliphatic carbocycles. The van der Waals surface area contributed by atoms with Gasteiger partial charge in [0.05, 0.1) is 11.1 Å². The molecule has 1 heterocycles. The number of nitrogens with one attached hydrogen (secondary N) is 1. The lowest BCUT2D eigenvalue weighted by Crippen LogP contribution is -2.37. The molecule has 0 saturated carbocycles. The van der Waals surface area contributed by atoms with E-state index >= 15 is 0 Å². The summed E-state index contributed by atoms with van der Waals surface area (Å²) in [6.07, 6.45) is 1.56. The molecule has 0 aliphatic rings. The van der Waals surface area contributed by atoms with Crippen LogP contribution in [-0.2, 0) is 4.79 Å². The zero-order valence-corrected chi connectivity index (χ0v) is 9.51. The van der Waals surface area contributed by atoms with Crippen LogP contribution in [0.25, 0.3) is 0 Å². The molecule has 0 atom stereocenters. The van der Waals surface area contributed by atoms with Crippen molar-refractivity contribution in [3.05, 3.63) is 23.5 Å². The normalized spacial score (nSPS) is 11.2. The van der Waals surface area contributed by atoms with Crippen LogP contribution in [0.15, 0.2) is 18.3 Å². The van der Waals surface area contributed by atoms with Gasteiger partial charge in [0, 0.05) is 12.7 Å². The SMILES string of the molecule is CC(C)(CN)C(=O)Nc1cccnc1Cl. The van der Waals surface area contributed by atoms with Gasteiger partial charge in [0.15, 0.2) is 5.15 Å². The zero-order valence-electron chi connectivity index (χ0n) is 8.75. The lowest BCUT2D eigenvalue weighted by molar-refractivity contribution is -0.123. The minimum Gasteiger partial charge on any atom is -0.329 e. The maximum absolute atomic E-state index is 11.7. The van der Waals surface area contributed by atoms with Crippen LogP contribution in [0.1, 0.15) is 13.8 Å². The largest absolute Gasteiger partial charge is 0.329 e. The van der Waals surface area contributed by atoms with Crippen LogP contribution < -0.4 is 11.1 Å². The van der Waals surface area contributed by atoms with E-state index in [9.17, 15) is 4.79 Å². The third-order valence-corrected chi connectivity index (χ3v) is 2.43. The van der Waals surface area contributed by atoms with Crippen LogP contribution in [0.4, 0.5) is 5.69 Å². The lowest BCUT2D eigenvalue weighted by atomic mass is 9.92. The van der Waals surface area contributed by atoms with Gasteiger partial charge < -0.3 is 11.1 Å². The van der Waals surface area contributed by atoms with Crippen molar-refractivity contribution < 1.29 is 4.79 Å². The molecule has 15 heavy (non-hydrogen) atoms. The predicted octanol–water partition coefficient (Wildman–Crippen LogP) is 1.66. The smallest absolute Gasteiger partial charge is 0.231 e. The first-order chi connectivity index (χ1) is 6.97. The minimum atomic E-state index is -0.612. The van der Waals surface area contributed by atoms with Gasteiger partial charge in [-0.25, -0.2) is 4.98 Å². The van der Waals surface area contributed by atoms with Gasteiger partial charge in [-0.2, -0.15) is 0 Å². The Morgan fingerprint density at radius 3 is 2.87 bits per heavy atom. The van der Waals surface area contributed by atoms with Crippen molar-refractivity contribution in [1.82, 2.24) is 4.98 Å². The van der Waals surface area contributed by atoms with Crippen molar-refractivity contribution in [2.24, 2.45) is 11.1 Å². The Morgan fingerprint density at radius 1 is 1.67 bits per heavy atom. The Labute approximate surface area is 93.8 Å². The van der Waals surface area contributed by atoms with E-state index in [-0.39, 0.29) is 17.6 Å². The summed E-state index contributed by atoms with van der Waals surface area (Å²) in [6, 6.07) is 3.40. The third kappa shape index (κ3) is 2.91. The maximum atomic E-state index is 11.7. The van der Waals surface area contributed by atoms with Gasteiger partial charge in [0.2, 0.25) is 5.91 Å². The van der Waals surface area contributed by atoms with Gasteiger partial charge in [0.25, 0.3) is 0 Å². The number of rotatable bonds is 3. The first-order valence-corrected chi connectivity index (χ1v) is 4.97. The van der Waals surface area contributed by atoms with E-state index in [1.165, 1.54) is 0 Å². The highest BCUT2D eigenvalue weighted by Gasteiger charge is 2.26. The minimum absolute atomic E-state index is 0.167. The first-order valence-electron chi connectivity index (χ1n) is 4.59. The molecular weight excluding hydrogens is 214 g/mol. The number of carbonyl (C=O) groups excluding carboxylic acids is 1. The molecule has 0 aromatic carbocycles. The van der Waals surface area contributed by atoms with Gasteiger partial charge in [-0.1, -0.05) is 11.6 Å². The molecule has 1 amide bonds. The molecule has 82 valence electrons. The molecule has 0 bridgehead atoms. The molecule has 1 aromatic heterocycles. The topological polar surface area (TPSA) is 68.0 Å². The number of hydrogen-bond donors (Lipinski definition) is 2. The average molecular weight is 228 g/mol. The summed E-state index contributed by atoms with van der Waals surface area (Å²) >= 11 is 5.80. The van der Waals surface area contributed by atoms with E-state index in [0.717, 1.165) is 0 Å². The molecule has 0 spiro atoms. The summed E-state index contributed by atoms with van der Waals surface area (Å²) in [7, 11) is 0. The monoisotopic (exact) mass is 227 g/mol. The Morgan fingerprint density at radius 2 is 2.33 bits per heavy atom. The quantitative estimate of drug-likeness (QED) is 0.772. The Bertz CT molecular complexity index is 365. The van der Waals surface area contributed by atoms with Crippen molar-refractivity contribution in [1.29, 1.82) is 0 Å². The van der Waals surface area contributed by atoms with Gasteiger partial charge in [-0.05, 0) is 26.0 Å².